The first kappa shape index (κ1) is 19.8. The average molecular weight is 386 g/mol. The zero-order valence-electron chi connectivity index (χ0n) is 16.4. The quantitative estimate of drug-likeness (QED) is 0.784. The second kappa shape index (κ2) is 8.84. The molecular formula is C21H26N2O5. The Morgan fingerprint density at radius 2 is 1.50 bits per heavy atom. The largest absolute Gasteiger partial charge is 0.493 e. The highest BCUT2D eigenvalue weighted by atomic mass is 16.5. The summed E-state index contributed by atoms with van der Waals surface area (Å²) in [5, 5.41) is 9.95. The van der Waals surface area contributed by atoms with Gasteiger partial charge in [0.15, 0.2) is 11.5 Å². The van der Waals surface area contributed by atoms with E-state index >= 15 is 0 Å². The van der Waals surface area contributed by atoms with Crippen molar-refractivity contribution in [3.8, 4) is 17.2 Å². The molecule has 1 aliphatic rings. The summed E-state index contributed by atoms with van der Waals surface area (Å²) in [5.74, 6) is 0.450. The Balaban J connectivity index is 1.84. The fraction of sp³-hybridized carbons (Fsp3) is 0.381. The Morgan fingerprint density at radius 3 is 1.96 bits per heavy atom. The lowest BCUT2D eigenvalue weighted by Crippen LogP contribution is -2.49. The summed E-state index contributed by atoms with van der Waals surface area (Å²) in [6.45, 7) is 2.81. The monoisotopic (exact) mass is 386 g/mol. The lowest BCUT2D eigenvalue weighted by Gasteiger charge is -2.39. The molecule has 0 saturated carbocycles. The van der Waals surface area contributed by atoms with Gasteiger partial charge in [0, 0.05) is 31.9 Å². The molecular weight excluding hydrogens is 360 g/mol. The standard InChI is InChI=1S/C21H26N2O5/c1-26-17-13-15(14-18(27-2)20(17)28-3)19(21(24)25)23-11-9-22(10-12-23)16-7-5-4-6-8-16/h4-8,13-14,19H,9-12H2,1-3H3,(H,24,25)/t19-/m0/s1. The number of ether oxygens (including phenoxy) is 3. The molecule has 2 aromatic rings. The van der Waals surface area contributed by atoms with E-state index in [0.717, 1.165) is 18.8 Å². The first-order valence-electron chi connectivity index (χ1n) is 9.15. The number of benzene rings is 2. The van der Waals surface area contributed by atoms with Gasteiger partial charge in [-0.3, -0.25) is 9.69 Å². The SMILES string of the molecule is COc1cc([C@@H](C(=O)O)N2CCN(c3ccccc3)CC2)cc(OC)c1OC. The van der Waals surface area contributed by atoms with Crippen molar-refractivity contribution in [1.82, 2.24) is 4.90 Å². The van der Waals surface area contributed by atoms with Crippen LogP contribution in [-0.2, 0) is 4.79 Å². The first-order valence-corrected chi connectivity index (χ1v) is 9.15. The van der Waals surface area contributed by atoms with Gasteiger partial charge in [0.05, 0.1) is 21.3 Å². The van der Waals surface area contributed by atoms with Gasteiger partial charge in [0.2, 0.25) is 5.75 Å². The Morgan fingerprint density at radius 1 is 0.929 bits per heavy atom. The number of aliphatic carboxylic acids is 1. The number of carbonyl (C=O) groups is 1. The van der Waals surface area contributed by atoms with Crippen LogP contribution in [0.2, 0.25) is 0 Å². The fourth-order valence-electron chi connectivity index (χ4n) is 3.65. The van der Waals surface area contributed by atoms with Crippen LogP contribution in [0.4, 0.5) is 5.69 Å². The Hall–Kier alpha value is -2.93. The van der Waals surface area contributed by atoms with Crippen LogP contribution in [0.3, 0.4) is 0 Å². The molecule has 7 nitrogen and oxygen atoms in total. The molecule has 3 rings (SSSR count). The van der Waals surface area contributed by atoms with Crippen LogP contribution in [-0.4, -0.2) is 63.5 Å². The highest BCUT2D eigenvalue weighted by molar-refractivity contribution is 5.76. The number of rotatable bonds is 7. The van der Waals surface area contributed by atoms with E-state index < -0.39 is 12.0 Å². The fourth-order valence-corrected chi connectivity index (χ4v) is 3.65. The predicted octanol–water partition coefficient (Wildman–Crippen LogP) is 2.66. The van der Waals surface area contributed by atoms with E-state index in [9.17, 15) is 9.90 Å². The lowest BCUT2D eigenvalue weighted by atomic mass is 10.0. The number of anilines is 1. The number of hydrogen-bond donors (Lipinski definition) is 1. The number of para-hydroxylation sites is 1. The highest BCUT2D eigenvalue weighted by Crippen LogP contribution is 2.41. The smallest absolute Gasteiger partial charge is 0.325 e. The molecule has 0 aromatic heterocycles. The van der Waals surface area contributed by atoms with Gasteiger partial charge in [-0.25, -0.2) is 0 Å². The van der Waals surface area contributed by atoms with E-state index in [4.69, 9.17) is 14.2 Å². The number of carboxylic acids is 1. The van der Waals surface area contributed by atoms with Gasteiger partial charge < -0.3 is 24.2 Å². The van der Waals surface area contributed by atoms with Gasteiger partial charge in [0.25, 0.3) is 0 Å². The van der Waals surface area contributed by atoms with Gasteiger partial charge >= 0.3 is 5.97 Å². The summed E-state index contributed by atoms with van der Waals surface area (Å²) in [6.07, 6.45) is 0. The van der Waals surface area contributed by atoms with Crippen molar-refractivity contribution in [2.45, 2.75) is 6.04 Å². The first-order chi connectivity index (χ1) is 13.6. The third-order valence-corrected chi connectivity index (χ3v) is 5.04. The van der Waals surface area contributed by atoms with Gasteiger partial charge in [-0.05, 0) is 29.8 Å². The van der Waals surface area contributed by atoms with Crippen LogP contribution in [0.5, 0.6) is 17.2 Å². The van der Waals surface area contributed by atoms with Gasteiger partial charge in [-0.15, -0.1) is 0 Å². The number of hydrogen-bond acceptors (Lipinski definition) is 6. The normalized spacial score (nSPS) is 15.8. The van der Waals surface area contributed by atoms with Crippen LogP contribution >= 0.6 is 0 Å². The number of piperazine rings is 1. The zero-order valence-corrected chi connectivity index (χ0v) is 16.4. The topological polar surface area (TPSA) is 71.5 Å². The Bertz CT molecular complexity index is 779. The molecule has 0 spiro atoms. The van der Waals surface area contributed by atoms with Gasteiger partial charge in [-0.1, -0.05) is 18.2 Å². The molecule has 150 valence electrons. The van der Waals surface area contributed by atoms with Crippen molar-refractivity contribution < 1.29 is 24.1 Å². The molecule has 7 heteroatoms. The number of methoxy groups -OCH3 is 3. The molecule has 0 radical (unpaired) electrons. The van der Waals surface area contributed by atoms with E-state index in [1.165, 1.54) is 21.3 Å². The van der Waals surface area contributed by atoms with Gasteiger partial charge in [-0.2, -0.15) is 0 Å². The summed E-state index contributed by atoms with van der Waals surface area (Å²) in [6, 6.07) is 12.8. The van der Waals surface area contributed by atoms with Crippen molar-refractivity contribution in [2.75, 3.05) is 52.4 Å². The summed E-state index contributed by atoms with van der Waals surface area (Å²) >= 11 is 0. The number of carboxylic acid groups (broad SMARTS) is 1. The second-order valence-corrected chi connectivity index (χ2v) is 6.56. The molecule has 0 aliphatic carbocycles. The summed E-state index contributed by atoms with van der Waals surface area (Å²) < 4.78 is 16.1. The minimum Gasteiger partial charge on any atom is -0.493 e. The van der Waals surface area contributed by atoms with E-state index in [0.29, 0.717) is 35.9 Å². The van der Waals surface area contributed by atoms with Crippen molar-refractivity contribution in [3.63, 3.8) is 0 Å². The third-order valence-electron chi connectivity index (χ3n) is 5.04. The molecule has 0 unspecified atom stereocenters. The van der Waals surface area contributed by atoms with Crippen molar-refractivity contribution >= 4 is 11.7 Å². The molecule has 0 amide bonds. The average Bonchev–Trinajstić information content (AvgIpc) is 2.74. The van der Waals surface area contributed by atoms with Gasteiger partial charge in [0.1, 0.15) is 6.04 Å². The third kappa shape index (κ3) is 3.99. The minimum absolute atomic E-state index is 0.450. The minimum atomic E-state index is -0.901. The second-order valence-electron chi connectivity index (χ2n) is 6.56. The highest BCUT2D eigenvalue weighted by Gasteiger charge is 2.32. The molecule has 1 heterocycles. The molecule has 1 aliphatic heterocycles. The molecule has 1 fully saturated rings. The lowest BCUT2D eigenvalue weighted by molar-refractivity contribution is -0.143. The van der Waals surface area contributed by atoms with Crippen molar-refractivity contribution in [2.24, 2.45) is 0 Å². The van der Waals surface area contributed by atoms with E-state index in [2.05, 4.69) is 17.0 Å². The van der Waals surface area contributed by atoms with E-state index in [1.54, 1.807) is 12.1 Å². The summed E-state index contributed by atoms with van der Waals surface area (Å²) in [5.41, 5.74) is 1.76. The molecule has 1 N–H and O–H groups in total. The van der Waals surface area contributed by atoms with Crippen LogP contribution in [0, 0.1) is 0 Å². The van der Waals surface area contributed by atoms with Crippen molar-refractivity contribution in [1.29, 1.82) is 0 Å². The molecule has 2 aromatic carbocycles. The predicted molar refractivity (Wildman–Crippen MR) is 107 cm³/mol. The molecule has 28 heavy (non-hydrogen) atoms. The van der Waals surface area contributed by atoms with Crippen LogP contribution in [0.15, 0.2) is 42.5 Å². The molecule has 1 saturated heterocycles. The van der Waals surface area contributed by atoms with Crippen molar-refractivity contribution in [3.05, 3.63) is 48.0 Å². The Labute approximate surface area is 165 Å². The summed E-state index contributed by atoms with van der Waals surface area (Å²) in [4.78, 5) is 16.4. The molecule has 1 atom stereocenters. The zero-order chi connectivity index (χ0) is 20.1. The molecule has 0 bridgehead atoms. The van der Waals surface area contributed by atoms with E-state index in [-0.39, 0.29) is 0 Å². The van der Waals surface area contributed by atoms with Crippen LogP contribution in [0.25, 0.3) is 0 Å². The number of nitrogens with zero attached hydrogens (tertiary/aromatic N) is 2. The van der Waals surface area contributed by atoms with Crippen LogP contribution in [0.1, 0.15) is 11.6 Å². The maximum Gasteiger partial charge on any atom is 0.325 e. The van der Waals surface area contributed by atoms with Crippen LogP contribution < -0.4 is 19.1 Å². The summed E-state index contributed by atoms with van der Waals surface area (Å²) in [7, 11) is 4.57. The maximum absolute atomic E-state index is 12.1. The maximum atomic E-state index is 12.1. The Kier molecular flexibility index (Phi) is 6.26. The van der Waals surface area contributed by atoms with E-state index in [1.807, 2.05) is 23.1 Å².